The number of hydrogen-bond acceptors (Lipinski definition) is 6. The van der Waals surface area contributed by atoms with Gasteiger partial charge in [0.15, 0.2) is 5.16 Å². The summed E-state index contributed by atoms with van der Waals surface area (Å²) in [5.41, 5.74) is 7.33. The van der Waals surface area contributed by atoms with Crippen LogP contribution in [-0.4, -0.2) is 26.5 Å². The van der Waals surface area contributed by atoms with Gasteiger partial charge in [-0.1, -0.05) is 11.6 Å². The maximum absolute atomic E-state index is 5.86. The van der Waals surface area contributed by atoms with Crippen molar-refractivity contribution in [2.75, 3.05) is 12.3 Å². The highest BCUT2D eigenvalue weighted by Gasteiger charge is 2.08. The number of hydrogen-bond donors (Lipinski definition) is 2. The molecule has 0 fully saturated rings. The minimum absolute atomic E-state index is 0.139. The summed E-state index contributed by atoms with van der Waals surface area (Å²) < 4.78 is 5.46. The van der Waals surface area contributed by atoms with E-state index >= 15 is 0 Å². The van der Waals surface area contributed by atoms with Crippen molar-refractivity contribution >= 4 is 40.3 Å². The molecule has 0 atom stereocenters. The molecule has 0 unspecified atom stereocenters. The van der Waals surface area contributed by atoms with Crippen LogP contribution in [0.2, 0.25) is 5.15 Å². The predicted molar refractivity (Wildman–Crippen MR) is 82.8 cm³/mol. The Morgan fingerprint density at radius 1 is 1.29 bits per heavy atom. The highest BCUT2D eigenvalue weighted by Crippen LogP contribution is 2.28. The van der Waals surface area contributed by atoms with E-state index in [1.807, 2.05) is 25.1 Å². The summed E-state index contributed by atoms with van der Waals surface area (Å²) >= 11 is 7.20. The second-order valence-electron chi connectivity index (χ2n) is 4.14. The zero-order valence-corrected chi connectivity index (χ0v) is 12.7. The van der Waals surface area contributed by atoms with Gasteiger partial charge in [-0.3, -0.25) is 0 Å². The van der Waals surface area contributed by atoms with E-state index in [2.05, 4.69) is 19.9 Å². The van der Waals surface area contributed by atoms with Crippen molar-refractivity contribution in [1.29, 1.82) is 0 Å². The molecular formula is C13H12ClN5OS. The molecule has 21 heavy (non-hydrogen) atoms. The molecule has 0 radical (unpaired) electrons. The Hall–Kier alpha value is -1.99. The summed E-state index contributed by atoms with van der Waals surface area (Å²) in [5.74, 6) is 0.944. The van der Waals surface area contributed by atoms with Gasteiger partial charge in [0.25, 0.3) is 0 Å². The highest BCUT2D eigenvalue weighted by atomic mass is 35.5. The van der Waals surface area contributed by atoms with Gasteiger partial charge in [0.2, 0.25) is 5.95 Å². The fourth-order valence-electron chi connectivity index (χ4n) is 1.84. The van der Waals surface area contributed by atoms with E-state index in [4.69, 9.17) is 22.1 Å². The first-order chi connectivity index (χ1) is 10.1. The van der Waals surface area contributed by atoms with Crippen molar-refractivity contribution in [3.05, 3.63) is 29.4 Å². The van der Waals surface area contributed by atoms with E-state index in [9.17, 15) is 0 Å². The number of anilines is 1. The summed E-state index contributed by atoms with van der Waals surface area (Å²) in [6, 6.07) is 7.35. The Labute approximate surface area is 130 Å². The van der Waals surface area contributed by atoms with E-state index in [1.165, 1.54) is 11.8 Å². The molecule has 2 heterocycles. The van der Waals surface area contributed by atoms with Gasteiger partial charge in [0.05, 0.1) is 17.6 Å². The SMILES string of the molecule is CCOc1ccc2nc(Sc3cc(Cl)nc(N)n3)[nH]c2c1. The number of nitrogens with one attached hydrogen (secondary N) is 1. The van der Waals surface area contributed by atoms with E-state index in [1.54, 1.807) is 6.07 Å². The monoisotopic (exact) mass is 321 g/mol. The molecule has 3 N–H and O–H groups in total. The Kier molecular flexibility index (Phi) is 3.85. The molecule has 0 amide bonds. The number of rotatable bonds is 4. The Balaban J connectivity index is 1.90. The van der Waals surface area contributed by atoms with Crippen molar-refractivity contribution in [3.63, 3.8) is 0 Å². The lowest BCUT2D eigenvalue weighted by molar-refractivity contribution is 0.340. The number of aromatic amines is 1. The van der Waals surface area contributed by atoms with Gasteiger partial charge in [0, 0.05) is 12.1 Å². The molecule has 0 aliphatic heterocycles. The van der Waals surface area contributed by atoms with E-state index in [-0.39, 0.29) is 5.95 Å². The average molecular weight is 322 g/mol. The van der Waals surface area contributed by atoms with Crippen molar-refractivity contribution in [2.45, 2.75) is 17.1 Å². The Morgan fingerprint density at radius 3 is 2.90 bits per heavy atom. The van der Waals surface area contributed by atoms with Crippen LogP contribution in [0.1, 0.15) is 6.92 Å². The second-order valence-corrected chi connectivity index (χ2v) is 5.54. The van der Waals surface area contributed by atoms with Gasteiger partial charge in [-0.25, -0.2) is 15.0 Å². The summed E-state index contributed by atoms with van der Waals surface area (Å²) in [6.07, 6.45) is 0. The van der Waals surface area contributed by atoms with Crippen LogP contribution in [0.15, 0.2) is 34.4 Å². The number of ether oxygens (including phenoxy) is 1. The Morgan fingerprint density at radius 2 is 2.14 bits per heavy atom. The Bertz CT molecular complexity index is 771. The third-order valence-electron chi connectivity index (χ3n) is 2.63. The van der Waals surface area contributed by atoms with Crippen LogP contribution in [0.3, 0.4) is 0 Å². The van der Waals surface area contributed by atoms with Gasteiger partial charge in [-0.05, 0) is 30.8 Å². The number of nitrogens with zero attached hydrogens (tertiary/aromatic N) is 3. The molecule has 0 bridgehead atoms. The van der Waals surface area contributed by atoms with Crippen molar-refractivity contribution < 1.29 is 4.74 Å². The fourth-order valence-corrected chi connectivity index (χ4v) is 2.90. The highest BCUT2D eigenvalue weighted by molar-refractivity contribution is 7.99. The zero-order valence-electron chi connectivity index (χ0n) is 11.1. The first-order valence-corrected chi connectivity index (χ1v) is 7.44. The molecule has 0 saturated carbocycles. The number of benzene rings is 1. The number of aromatic nitrogens is 4. The van der Waals surface area contributed by atoms with Crippen molar-refractivity contribution in [3.8, 4) is 5.75 Å². The zero-order chi connectivity index (χ0) is 14.8. The molecule has 0 spiro atoms. The first kappa shape index (κ1) is 14.0. The van der Waals surface area contributed by atoms with Crippen LogP contribution < -0.4 is 10.5 Å². The first-order valence-electron chi connectivity index (χ1n) is 6.24. The molecule has 3 rings (SSSR count). The molecule has 0 saturated heterocycles. The average Bonchev–Trinajstić information content (AvgIpc) is 2.79. The van der Waals surface area contributed by atoms with Crippen LogP contribution in [0.5, 0.6) is 5.75 Å². The second kappa shape index (κ2) is 5.79. The molecule has 0 aliphatic carbocycles. The minimum atomic E-state index is 0.139. The van der Waals surface area contributed by atoms with Crippen LogP contribution in [-0.2, 0) is 0 Å². The van der Waals surface area contributed by atoms with E-state index in [0.29, 0.717) is 21.9 Å². The lowest BCUT2D eigenvalue weighted by atomic mass is 10.3. The molecule has 6 nitrogen and oxygen atoms in total. The molecule has 3 aromatic rings. The molecule has 108 valence electrons. The summed E-state index contributed by atoms with van der Waals surface area (Å²) in [6.45, 7) is 2.57. The minimum Gasteiger partial charge on any atom is -0.494 e. The number of imidazole rings is 1. The van der Waals surface area contributed by atoms with Crippen LogP contribution in [0.4, 0.5) is 5.95 Å². The number of halogens is 1. The number of H-pyrrole nitrogens is 1. The number of nitrogen functional groups attached to an aromatic ring is 1. The van der Waals surface area contributed by atoms with Crippen LogP contribution in [0, 0.1) is 0 Å². The smallest absolute Gasteiger partial charge is 0.222 e. The summed E-state index contributed by atoms with van der Waals surface area (Å²) in [7, 11) is 0. The molecule has 0 aliphatic rings. The van der Waals surface area contributed by atoms with E-state index < -0.39 is 0 Å². The van der Waals surface area contributed by atoms with E-state index in [0.717, 1.165) is 16.8 Å². The standard InChI is InChI=1S/C13H12ClN5OS/c1-2-20-7-3-4-8-9(5-7)17-13(16-8)21-11-6-10(14)18-12(15)19-11/h3-6H,2H2,1H3,(H,16,17)(H2,15,18,19). The third kappa shape index (κ3) is 3.20. The molecular weight excluding hydrogens is 310 g/mol. The van der Waals surface area contributed by atoms with Gasteiger partial charge in [-0.2, -0.15) is 0 Å². The normalized spacial score (nSPS) is 11.0. The van der Waals surface area contributed by atoms with Gasteiger partial charge in [-0.15, -0.1) is 0 Å². The fraction of sp³-hybridized carbons (Fsp3) is 0.154. The van der Waals surface area contributed by atoms with Crippen molar-refractivity contribution in [1.82, 2.24) is 19.9 Å². The topological polar surface area (TPSA) is 89.7 Å². The van der Waals surface area contributed by atoms with Gasteiger partial charge in [0.1, 0.15) is 15.9 Å². The maximum atomic E-state index is 5.86. The summed E-state index contributed by atoms with van der Waals surface area (Å²) in [5, 5.41) is 1.64. The molecule has 2 aromatic heterocycles. The number of nitrogens with two attached hydrogens (primary N) is 1. The van der Waals surface area contributed by atoms with Crippen LogP contribution in [0.25, 0.3) is 11.0 Å². The number of fused-ring (bicyclic) bond motifs is 1. The lowest BCUT2D eigenvalue weighted by Crippen LogP contribution is -1.95. The quantitative estimate of drug-likeness (QED) is 0.717. The summed E-state index contributed by atoms with van der Waals surface area (Å²) in [4.78, 5) is 15.6. The third-order valence-corrected chi connectivity index (χ3v) is 3.63. The molecule has 8 heteroatoms. The largest absolute Gasteiger partial charge is 0.494 e. The van der Waals surface area contributed by atoms with Gasteiger partial charge >= 0.3 is 0 Å². The van der Waals surface area contributed by atoms with Gasteiger partial charge < -0.3 is 15.5 Å². The lowest BCUT2D eigenvalue weighted by Gasteiger charge is -2.00. The maximum Gasteiger partial charge on any atom is 0.222 e. The van der Waals surface area contributed by atoms with Crippen LogP contribution >= 0.6 is 23.4 Å². The predicted octanol–water partition coefficient (Wildman–Crippen LogP) is 3.14. The molecule has 1 aromatic carbocycles. The van der Waals surface area contributed by atoms with Crippen molar-refractivity contribution in [2.24, 2.45) is 0 Å².